The van der Waals surface area contributed by atoms with Crippen LogP contribution in [0.1, 0.15) is 24.4 Å². The molecule has 3 N–H and O–H groups in total. The van der Waals surface area contributed by atoms with Crippen LogP contribution in [0.2, 0.25) is 0 Å². The highest BCUT2D eigenvalue weighted by Gasteiger charge is 2.12. The first kappa shape index (κ1) is 11.7. The summed E-state index contributed by atoms with van der Waals surface area (Å²) in [5.41, 5.74) is 8.23. The summed E-state index contributed by atoms with van der Waals surface area (Å²) >= 11 is 0. The second-order valence-electron chi connectivity index (χ2n) is 4.01. The Morgan fingerprint density at radius 1 is 1.47 bits per heavy atom. The van der Waals surface area contributed by atoms with E-state index in [9.17, 15) is 4.79 Å². The monoisotopic (exact) mass is 232 g/mol. The molecule has 2 aromatic rings. The average molecular weight is 232 g/mol. The number of fused-ring (bicyclic) bond motifs is 1. The topological polar surface area (TPSA) is 68.1 Å². The fraction of sp³-hybridized carbons (Fsp3) is 0.308. The number of hydrogen-bond donors (Lipinski definition) is 2. The van der Waals surface area contributed by atoms with E-state index in [-0.39, 0.29) is 12.0 Å². The minimum absolute atomic E-state index is 0.145. The van der Waals surface area contributed by atoms with Crippen LogP contribution in [0.25, 0.3) is 10.9 Å². The van der Waals surface area contributed by atoms with Crippen molar-refractivity contribution in [2.45, 2.75) is 18.9 Å². The zero-order valence-corrected chi connectivity index (χ0v) is 9.77. The molecule has 0 spiro atoms. The summed E-state index contributed by atoms with van der Waals surface area (Å²) in [6.45, 7) is 0. The van der Waals surface area contributed by atoms with Crippen molar-refractivity contribution >= 4 is 16.9 Å². The minimum Gasteiger partial charge on any atom is -0.469 e. The highest BCUT2D eigenvalue weighted by molar-refractivity contribution is 5.83. The first-order chi connectivity index (χ1) is 8.22. The lowest BCUT2D eigenvalue weighted by atomic mass is 9.99. The third-order valence-electron chi connectivity index (χ3n) is 2.92. The molecule has 4 heteroatoms. The van der Waals surface area contributed by atoms with Gasteiger partial charge in [0.15, 0.2) is 0 Å². The summed E-state index contributed by atoms with van der Waals surface area (Å²) < 4.78 is 4.61. The van der Waals surface area contributed by atoms with Gasteiger partial charge < -0.3 is 15.5 Å². The van der Waals surface area contributed by atoms with E-state index in [1.165, 1.54) is 7.11 Å². The third kappa shape index (κ3) is 2.47. The molecule has 0 radical (unpaired) electrons. The number of H-pyrrole nitrogens is 1. The van der Waals surface area contributed by atoms with Crippen LogP contribution < -0.4 is 5.73 Å². The lowest BCUT2D eigenvalue weighted by molar-refractivity contribution is -0.140. The van der Waals surface area contributed by atoms with Crippen LogP contribution in [0, 0.1) is 0 Å². The number of carbonyl (C=O) groups excluding carboxylic acids is 1. The Balaban J connectivity index is 2.15. The van der Waals surface area contributed by atoms with Crippen molar-refractivity contribution in [2.75, 3.05) is 7.11 Å². The van der Waals surface area contributed by atoms with E-state index in [2.05, 4.69) is 9.72 Å². The molecule has 0 bridgehead atoms. The largest absolute Gasteiger partial charge is 0.469 e. The van der Waals surface area contributed by atoms with Crippen LogP contribution in [0.3, 0.4) is 0 Å². The first-order valence-corrected chi connectivity index (χ1v) is 5.61. The van der Waals surface area contributed by atoms with Gasteiger partial charge in [0.2, 0.25) is 0 Å². The third-order valence-corrected chi connectivity index (χ3v) is 2.92. The van der Waals surface area contributed by atoms with Gasteiger partial charge in [-0.15, -0.1) is 0 Å². The molecular formula is C13H16N2O2. The number of nitrogens with one attached hydrogen (secondary N) is 1. The lowest BCUT2D eigenvalue weighted by Crippen LogP contribution is -2.13. The van der Waals surface area contributed by atoms with Crippen LogP contribution in [-0.4, -0.2) is 18.1 Å². The van der Waals surface area contributed by atoms with Gasteiger partial charge in [0, 0.05) is 29.6 Å². The quantitative estimate of drug-likeness (QED) is 0.793. The zero-order valence-electron chi connectivity index (χ0n) is 9.77. The summed E-state index contributed by atoms with van der Waals surface area (Å²) in [5.74, 6) is -0.221. The van der Waals surface area contributed by atoms with Gasteiger partial charge in [-0.05, 0) is 24.1 Å². The fourth-order valence-corrected chi connectivity index (χ4v) is 1.96. The van der Waals surface area contributed by atoms with Gasteiger partial charge >= 0.3 is 5.97 Å². The van der Waals surface area contributed by atoms with E-state index in [1.807, 2.05) is 30.5 Å². The molecule has 0 fully saturated rings. The number of ether oxygens (including phenoxy) is 1. The van der Waals surface area contributed by atoms with Gasteiger partial charge in [-0.25, -0.2) is 0 Å². The van der Waals surface area contributed by atoms with Crippen molar-refractivity contribution in [3.8, 4) is 0 Å². The van der Waals surface area contributed by atoms with Crippen molar-refractivity contribution in [1.29, 1.82) is 0 Å². The number of methoxy groups -OCH3 is 1. The maximum atomic E-state index is 11.1. The van der Waals surface area contributed by atoms with Crippen molar-refractivity contribution in [1.82, 2.24) is 4.98 Å². The molecule has 90 valence electrons. The molecule has 4 nitrogen and oxygen atoms in total. The maximum Gasteiger partial charge on any atom is 0.305 e. The fourth-order valence-electron chi connectivity index (χ4n) is 1.96. The van der Waals surface area contributed by atoms with Crippen molar-refractivity contribution in [3.63, 3.8) is 0 Å². The molecule has 1 heterocycles. The predicted molar refractivity (Wildman–Crippen MR) is 66.5 cm³/mol. The van der Waals surface area contributed by atoms with Gasteiger partial charge in [-0.1, -0.05) is 12.1 Å². The average Bonchev–Trinajstić information content (AvgIpc) is 2.83. The number of nitrogens with two attached hydrogens (primary N) is 1. The molecule has 1 atom stereocenters. The summed E-state index contributed by atoms with van der Waals surface area (Å²) in [6, 6.07) is 7.83. The number of benzene rings is 1. The van der Waals surface area contributed by atoms with Crippen LogP contribution in [-0.2, 0) is 9.53 Å². The number of aromatic amines is 1. The van der Waals surface area contributed by atoms with Crippen LogP contribution in [0.15, 0.2) is 30.5 Å². The Labute approximate surface area is 99.8 Å². The smallest absolute Gasteiger partial charge is 0.305 e. The zero-order chi connectivity index (χ0) is 12.3. The molecule has 0 aliphatic heterocycles. The summed E-state index contributed by atoms with van der Waals surface area (Å²) in [7, 11) is 1.39. The Morgan fingerprint density at radius 3 is 3.06 bits per heavy atom. The maximum absolute atomic E-state index is 11.1. The van der Waals surface area contributed by atoms with E-state index in [0.29, 0.717) is 12.8 Å². The predicted octanol–water partition coefficient (Wildman–Crippen LogP) is 2.12. The summed E-state index contributed by atoms with van der Waals surface area (Å²) in [6.07, 6.45) is 2.83. The van der Waals surface area contributed by atoms with E-state index in [4.69, 9.17) is 5.73 Å². The summed E-state index contributed by atoms with van der Waals surface area (Å²) in [5, 5.41) is 1.12. The van der Waals surface area contributed by atoms with Gasteiger partial charge in [-0.3, -0.25) is 4.79 Å². The van der Waals surface area contributed by atoms with E-state index >= 15 is 0 Å². The molecule has 0 aliphatic rings. The molecule has 1 aromatic carbocycles. The van der Waals surface area contributed by atoms with Gasteiger partial charge in [-0.2, -0.15) is 0 Å². The molecule has 0 aliphatic carbocycles. The molecule has 17 heavy (non-hydrogen) atoms. The van der Waals surface area contributed by atoms with Crippen LogP contribution >= 0.6 is 0 Å². The van der Waals surface area contributed by atoms with Crippen molar-refractivity contribution < 1.29 is 9.53 Å². The second-order valence-corrected chi connectivity index (χ2v) is 4.01. The normalized spacial score (nSPS) is 12.6. The molecule has 2 rings (SSSR count). The number of rotatable bonds is 4. The minimum atomic E-state index is -0.221. The van der Waals surface area contributed by atoms with Gasteiger partial charge in [0.25, 0.3) is 0 Å². The SMILES string of the molecule is COC(=O)CCC(N)c1cccc2[nH]ccc12. The van der Waals surface area contributed by atoms with Crippen molar-refractivity contribution in [3.05, 3.63) is 36.0 Å². The van der Waals surface area contributed by atoms with Crippen LogP contribution in [0.4, 0.5) is 0 Å². The van der Waals surface area contributed by atoms with E-state index in [1.54, 1.807) is 0 Å². The highest BCUT2D eigenvalue weighted by atomic mass is 16.5. The number of hydrogen-bond acceptors (Lipinski definition) is 3. The molecule has 0 saturated carbocycles. The van der Waals surface area contributed by atoms with E-state index < -0.39 is 0 Å². The standard InChI is InChI=1S/C13H16N2O2/c1-17-13(16)6-5-11(14)9-3-2-4-12-10(9)7-8-15-12/h2-4,7-8,11,15H,5-6,14H2,1H3. The first-order valence-electron chi connectivity index (χ1n) is 5.61. The lowest BCUT2D eigenvalue weighted by Gasteiger charge is -2.12. The molecule has 0 amide bonds. The molecule has 1 aromatic heterocycles. The molecular weight excluding hydrogens is 216 g/mol. The number of esters is 1. The number of aromatic nitrogens is 1. The van der Waals surface area contributed by atoms with Crippen molar-refractivity contribution in [2.24, 2.45) is 5.73 Å². The van der Waals surface area contributed by atoms with Gasteiger partial charge in [0.1, 0.15) is 0 Å². The number of carbonyl (C=O) groups is 1. The second kappa shape index (κ2) is 5.01. The van der Waals surface area contributed by atoms with E-state index in [0.717, 1.165) is 16.5 Å². The van der Waals surface area contributed by atoms with Gasteiger partial charge in [0.05, 0.1) is 7.11 Å². The summed E-state index contributed by atoms with van der Waals surface area (Å²) in [4.78, 5) is 14.2. The Bertz CT molecular complexity index is 519. The molecule has 1 unspecified atom stereocenters. The van der Waals surface area contributed by atoms with Crippen LogP contribution in [0.5, 0.6) is 0 Å². The Kier molecular flexibility index (Phi) is 3.44. The molecule has 0 saturated heterocycles. The Morgan fingerprint density at radius 2 is 2.29 bits per heavy atom. The highest BCUT2D eigenvalue weighted by Crippen LogP contribution is 2.24. The Hall–Kier alpha value is -1.81.